The van der Waals surface area contributed by atoms with E-state index in [2.05, 4.69) is 30.2 Å². The Morgan fingerprint density at radius 3 is 0.989 bits per heavy atom. The zero-order valence-corrected chi connectivity index (χ0v) is 56.2. The van der Waals surface area contributed by atoms with Crippen LogP contribution in [-0.4, -0.2) is 143 Å². The number of aliphatic carboxylic acids is 1. The van der Waals surface area contributed by atoms with E-state index in [0.717, 1.165) is 148 Å². The first kappa shape index (κ1) is 87.5. The summed E-state index contributed by atoms with van der Waals surface area (Å²) < 4.78 is 41.6. The van der Waals surface area contributed by atoms with Gasteiger partial charge in [-0.25, -0.2) is 0 Å². The fraction of sp³-hybridized carbons (Fsp3) is 0.779. The van der Waals surface area contributed by atoms with Crippen LogP contribution in [0.1, 0.15) is 274 Å². The summed E-state index contributed by atoms with van der Waals surface area (Å²) in [6.07, 6.45) is 30.5. The van der Waals surface area contributed by atoms with E-state index in [1.807, 2.05) is 0 Å². The molecule has 0 aliphatic rings. The third-order valence-corrected chi connectivity index (χ3v) is 13.9. The number of carboxylic acids is 1. The van der Waals surface area contributed by atoms with Crippen molar-refractivity contribution in [2.45, 2.75) is 329 Å². The van der Waals surface area contributed by atoms with Crippen LogP contribution in [0.4, 0.5) is 0 Å². The van der Waals surface area contributed by atoms with Crippen molar-refractivity contribution in [1.29, 1.82) is 0 Å². The van der Waals surface area contributed by atoms with Crippen molar-refractivity contribution in [3.63, 3.8) is 0 Å². The zero-order chi connectivity index (χ0) is 67.6. The first-order chi connectivity index (χ1) is 42.3. The molecule has 0 saturated heterocycles. The van der Waals surface area contributed by atoms with Gasteiger partial charge in [-0.15, -0.1) is 0 Å². The predicted octanol–water partition coefficient (Wildman–Crippen LogP) is 12.7. The van der Waals surface area contributed by atoms with E-state index < -0.39 is 96.7 Å². The molecule has 0 amide bonds. The summed E-state index contributed by atoms with van der Waals surface area (Å²) in [4.78, 5) is 102. The molecular formula is C68H118O21. The Morgan fingerprint density at radius 2 is 0.652 bits per heavy atom. The SMILES string of the molecule is CCCCC[C@H](O)[C@@H](O)/C=C/[C@@H](O)CCCCCCCC(=O)OC.CCCCC[C@H](OC(C)=O)[C@H](/C=C/[C@H](CCCCCCCC(=O)O)OC(C)=O)OC(C)=O.CCCCC[C@H](OC(C)=O)[C@H](/C=C/[C@H](CCCCCCCC(=O)OC)OC(C)=O)OC(C)=O. The van der Waals surface area contributed by atoms with Crippen molar-refractivity contribution >= 4 is 53.7 Å². The minimum absolute atomic E-state index is 0.161. The molecule has 21 heteroatoms. The Bertz CT molecular complexity index is 1970. The molecule has 21 nitrogen and oxygen atoms in total. The lowest BCUT2D eigenvalue weighted by Crippen LogP contribution is -2.33. The summed E-state index contributed by atoms with van der Waals surface area (Å²) in [5.41, 5.74) is 0. The molecule has 0 rings (SSSR count). The summed E-state index contributed by atoms with van der Waals surface area (Å²) in [5, 5.41) is 38.1. The number of hydrogen-bond donors (Lipinski definition) is 4. The lowest BCUT2D eigenvalue weighted by atomic mass is 10.0. The van der Waals surface area contributed by atoms with Gasteiger partial charge in [0.15, 0.2) is 12.2 Å². The molecule has 0 bridgehead atoms. The highest BCUT2D eigenvalue weighted by atomic mass is 16.6. The average molecular weight is 1270 g/mol. The first-order valence-corrected chi connectivity index (χ1v) is 32.8. The summed E-state index contributed by atoms with van der Waals surface area (Å²) in [6.45, 7) is 14.2. The van der Waals surface area contributed by atoms with Crippen LogP contribution in [0, 0.1) is 0 Å². The largest absolute Gasteiger partial charge is 0.481 e. The maximum Gasteiger partial charge on any atom is 0.305 e. The second kappa shape index (κ2) is 59.9. The maximum atomic E-state index is 11.6. The third-order valence-electron chi connectivity index (χ3n) is 13.9. The molecule has 0 aromatic carbocycles. The topological polar surface area (TPSA) is 308 Å². The molecule has 0 aliphatic carbocycles. The summed E-state index contributed by atoms with van der Waals surface area (Å²) in [6, 6.07) is 0. The molecule has 0 fully saturated rings. The highest BCUT2D eigenvalue weighted by Gasteiger charge is 2.27. The lowest BCUT2D eigenvalue weighted by Gasteiger charge is -2.24. The van der Waals surface area contributed by atoms with Gasteiger partial charge < -0.3 is 58.3 Å². The summed E-state index contributed by atoms with van der Waals surface area (Å²) >= 11 is 0. The number of carbonyl (C=O) groups excluding carboxylic acids is 8. The fourth-order valence-corrected chi connectivity index (χ4v) is 9.24. The lowest BCUT2D eigenvalue weighted by molar-refractivity contribution is -0.162. The minimum Gasteiger partial charge on any atom is -0.481 e. The van der Waals surface area contributed by atoms with Crippen molar-refractivity contribution in [3.05, 3.63) is 36.5 Å². The van der Waals surface area contributed by atoms with Crippen molar-refractivity contribution < 1.29 is 101 Å². The highest BCUT2D eigenvalue weighted by Crippen LogP contribution is 2.21. The third kappa shape index (κ3) is 59.7. The van der Waals surface area contributed by atoms with Crippen LogP contribution in [0.5, 0.6) is 0 Å². The van der Waals surface area contributed by atoms with Crippen molar-refractivity contribution in [3.8, 4) is 0 Å². The number of aliphatic hydroxyl groups is 3. The molecule has 0 saturated carbocycles. The van der Waals surface area contributed by atoms with E-state index in [0.29, 0.717) is 57.8 Å². The van der Waals surface area contributed by atoms with Gasteiger partial charge >= 0.3 is 53.7 Å². The molecule has 4 N–H and O–H groups in total. The van der Waals surface area contributed by atoms with Gasteiger partial charge in [-0.1, -0.05) is 142 Å². The standard InChI is InChI=1S/C25H42O8.C24H40O8.C19H36O5/c1-6-7-11-15-23(32-20(3)27)24(33-21(4)28)18-17-22(31-19(2)26)14-12-9-8-10-13-16-25(29)30-5;1-5-6-10-14-22(31-19(3)26)23(32-20(4)27)17-16-21(30-18(2)25)13-11-8-7-9-12-15-24(28)29;1-3-4-8-12-17(21)18(22)15-14-16(20)11-9-6-5-7-10-13-19(23)24-2/h17-18,22-24H,6-16H2,1-5H3;16-17,21-23H,5-15H2,1-4H3,(H,28,29);14-18,20-22H,3-13H2,1-2H3/b18-17+;17-16+;15-14+/t22-,23-,24-;21-,22-,23-;16-,17-,18-/m000/s1. The van der Waals surface area contributed by atoms with E-state index in [4.69, 9.17) is 33.5 Å². The number of aliphatic hydroxyl groups excluding tert-OH is 3. The molecule has 89 heavy (non-hydrogen) atoms. The van der Waals surface area contributed by atoms with Crippen LogP contribution < -0.4 is 0 Å². The van der Waals surface area contributed by atoms with Gasteiger partial charge in [0.05, 0.1) is 32.5 Å². The van der Waals surface area contributed by atoms with Crippen molar-refractivity contribution in [2.75, 3.05) is 14.2 Å². The molecule has 0 spiro atoms. The van der Waals surface area contributed by atoms with Crippen molar-refractivity contribution in [2.24, 2.45) is 0 Å². The number of methoxy groups -OCH3 is 2. The van der Waals surface area contributed by atoms with Crippen LogP contribution in [-0.2, 0) is 81.0 Å². The van der Waals surface area contributed by atoms with Gasteiger partial charge in [0.2, 0.25) is 0 Å². The predicted molar refractivity (Wildman–Crippen MR) is 340 cm³/mol. The van der Waals surface area contributed by atoms with Crippen LogP contribution in [0.2, 0.25) is 0 Å². The monoisotopic (exact) mass is 1270 g/mol. The number of esters is 8. The molecule has 0 aliphatic heterocycles. The van der Waals surface area contributed by atoms with Gasteiger partial charge in [-0.05, 0) is 108 Å². The first-order valence-electron chi connectivity index (χ1n) is 32.8. The molecule has 0 radical (unpaired) electrons. The van der Waals surface area contributed by atoms with Crippen LogP contribution in [0.3, 0.4) is 0 Å². The highest BCUT2D eigenvalue weighted by molar-refractivity contribution is 5.70. The van der Waals surface area contributed by atoms with E-state index in [9.17, 15) is 58.5 Å². The zero-order valence-electron chi connectivity index (χ0n) is 56.2. The molecule has 516 valence electrons. The second-order valence-corrected chi connectivity index (χ2v) is 22.5. The molecule has 9 atom stereocenters. The minimum atomic E-state index is -0.908. The number of rotatable bonds is 51. The number of carbonyl (C=O) groups is 9. The Kier molecular flexibility index (Phi) is 58.9. The Balaban J connectivity index is -0.00000126. The Hall–Kier alpha value is -5.67. The van der Waals surface area contributed by atoms with Crippen LogP contribution in [0.25, 0.3) is 0 Å². The summed E-state index contributed by atoms with van der Waals surface area (Å²) in [7, 11) is 2.79. The molecule has 0 heterocycles. The van der Waals surface area contributed by atoms with Gasteiger partial charge in [0.1, 0.15) is 24.4 Å². The smallest absolute Gasteiger partial charge is 0.305 e. The second-order valence-electron chi connectivity index (χ2n) is 22.5. The molecule has 0 aromatic rings. The normalized spacial score (nSPS) is 14.2. The Labute approximate surface area is 533 Å². The van der Waals surface area contributed by atoms with Gasteiger partial charge in [0, 0.05) is 60.8 Å². The molecular weight excluding hydrogens is 1150 g/mol. The summed E-state index contributed by atoms with van der Waals surface area (Å²) in [5.74, 6) is -3.80. The van der Waals surface area contributed by atoms with E-state index in [1.54, 1.807) is 30.4 Å². The number of unbranched alkanes of at least 4 members (excludes halogenated alkanes) is 18. The fourth-order valence-electron chi connectivity index (χ4n) is 9.24. The van der Waals surface area contributed by atoms with Gasteiger partial charge in [0.25, 0.3) is 0 Å². The van der Waals surface area contributed by atoms with Crippen LogP contribution >= 0.6 is 0 Å². The Morgan fingerprint density at radius 1 is 0.337 bits per heavy atom. The van der Waals surface area contributed by atoms with E-state index >= 15 is 0 Å². The van der Waals surface area contributed by atoms with Gasteiger partial charge in [-0.3, -0.25) is 43.2 Å². The van der Waals surface area contributed by atoms with E-state index in [-0.39, 0.29) is 18.4 Å². The quantitative estimate of drug-likeness (QED) is 0.0190. The van der Waals surface area contributed by atoms with Crippen LogP contribution in [0.15, 0.2) is 36.5 Å². The number of carboxylic acid groups (broad SMARTS) is 1. The van der Waals surface area contributed by atoms with Crippen molar-refractivity contribution in [1.82, 2.24) is 0 Å². The average Bonchev–Trinajstić information content (AvgIpc) is 3.00. The van der Waals surface area contributed by atoms with E-state index in [1.165, 1.54) is 61.8 Å². The maximum absolute atomic E-state index is 11.6. The number of ether oxygens (including phenoxy) is 8. The molecule has 0 unspecified atom stereocenters. The number of hydrogen-bond acceptors (Lipinski definition) is 20. The van der Waals surface area contributed by atoms with Gasteiger partial charge in [-0.2, -0.15) is 0 Å². The molecule has 0 aromatic heterocycles.